The molecule has 16 heavy (non-hydrogen) atoms. The van der Waals surface area contributed by atoms with Crippen LogP contribution >= 0.6 is 0 Å². The first kappa shape index (κ1) is 15.5. The second-order valence-electron chi connectivity index (χ2n) is 2.87. The Balaban J connectivity index is 0.00000112. The predicted molar refractivity (Wildman–Crippen MR) is 57.1 cm³/mol. The van der Waals surface area contributed by atoms with E-state index in [9.17, 15) is 0 Å². The van der Waals surface area contributed by atoms with E-state index in [0.717, 1.165) is 11.4 Å². The van der Waals surface area contributed by atoms with Crippen LogP contribution in [-0.4, -0.2) is 0 Å². The molecule has 2 radical (unpaired) electrons. The maximum atomic E-state index is 4.10. The minimum Gasteiger partial charge on any atom is -0.151 e. The van der Waals surface area contributed by atoms with Gasteiger partial charge in [-0.3, -0.25) is 0 Å². The third kappa shape index (κ3) is 5.03. The fourth-order valence-electron chi connectivity index (χ4n) is 1.10. The summed E-state index contributed by atoms with van der Waals surface area (Å²) in [6, 6.07) is 19.4. The Kier molecular flexibility index (Phi) is 8.39. The molecule has 0 aromatic heterocycles. The molecule has 0 saturated carbocycles. The standard InChI is InChI=1S/C12H10N2.2Ag/c1-3-7-11(8-4-1)13-14-12-9-5-2-6-10-12;;/h1-10H;;/b14-13+;;. The summed E-state index contributed by atoms with van der Waals surface area (Å²) in [5, 5.41) is 8.20. The van der Waals surface area contributed by atoms with Gasteiger partial charge in [0, 0.05) is 44.8 Å². The Morgan fingerprint density at radius 1 is 0.500 bits per heavy atom. The molecule has 0 saturated heterocycles. The normalized spacial score (nSPS) is 9.25. The molecule has 2 rings (SSSR count). The molecule has 0 N–H and O–H groups in total. The van der Waals surface area contributed by atoms with Crippen LogP contribution in [-0.2, 0) is 44.8 Å². The quantitative estimate of drug-likeness (QED) is 0.538. The fourth-order valence-corrected chi connectivity index (χ4v) is 1.10. The Labute approximate surface area is 126 Å². The first-order chi connectivity index (χ1) is 6.95. The minimum atomic E-state index is 0. The van der Waals surface area contributed by atoms with Crippen molar-refractivity contribution in [1.29, 1.82) is 0 Å². The molecule has 0 aliphatic heterocycles. The molecule has 2 aromatic carbocycles. The number of nitrogens with zero attached hydrogens (tertiary/aromatic N) is 2. The SMILES string of the molecule is [Ag].[Ag].c1ccc(/N=N/c2ccccc2)cc1. The Bertz CT molecular complexity index is 374. The molecular weight excluding hydrogens is 388 g/mol. The topological polar surface area (TPSA) is 24.7 Å². The van der Waals surface area contributed by atoms with Crippen LogP contribution in [0, 0.1) is 0 Å². The van der Waals surface area contributed by atoms with Crippen molar-refractivity contribution in [1.82, 2.24) is 0 Å². The first-order valence-corrected chi connectivity index (χ1v) is 4.47. The molecule has 0 aliphatic carbocycles. The second-order valence-corrected chi connectivity index (χ2v) is 2.87. The van der Waals surface area contributed by atoms with Gasteiger partial charge in [0.25, 0.3) is 0 Å². The van der Waals surface area contributed by atoms with Gasteiger partial charge < -0.3 is 0 Å². The van der Waals surface area contributed by atoms with Gasteiger partial charge in [0.1, 0.15) is 0 Å². The third-order valence-corrected chi connectivity index (χ3v) is 1.79. The van der Waals surface area contributed by atoms with Gasteiger partial charge >= 0.3 is 0 Å². The van der Waals surface area contributed by atoms with Crippen molar-refractivity contribution in [2.75, 3.05) is 0 Å². The van der Waals surface area contributed by atoms with Gasteiger partial charge in [0.15, 0.2) is 0 Å². The largest absolute Gasteiger partial charge is 0.151 e. The summed E-state index contributed by atoms with van der Waals surface area (Å²) in [6.07, 6.45) is 0. The van der Waals surface area contributed by atoms with E-state index >= 15 is 0 Å². The monoisotopic (exact) mass is 396 g/mol. The zero-order valence-corrected chi connectivity index (χ0v) is 11.2. The molecule has 90 valence electrons. The summed E-state index contributed by atoms with van der Waals surface area (Å²) in [5.41, 5.74) is 1.74. The van der Waals surface area contributed by atoms with Crippen molar-refractivity contribution in [3.63, 3.8) is 0 Å². The van der Waals surface area contributed by atoms with Crippen LogP contribution in [0.2, 0.25) is 0 Å². The second kappa shape index (κ2) is 8.65. The summed E-state index contributed by atoms with van der Waals surface area (Å²) in [6.45, 7) is 0. The van der Waals surface area contributed by atoms with E-state index in [2.05, 4.69) is 10.2 Å². The molecule has 0 atom stereocenters. The summed E-state index contributed by atoms with van der Waals surface area (Å²) in [4.78, 5) is 0. The van der Waals surface area contributed by atoms with E-state index in [1.54, 1.807) is 0 Å². The van der Waals surface area contributed by atoms with Crippen molar-refractivity contribution in [3.8, 4) is 0 Å². The molecule has 0 bridgehead atoms. The summed E-state index contributed by atoms with van der Waals surface area (Å²) < 4.78 is 0. The molecular formula is C12H10Ag2N2. The Morgan fingerprint density at radius 3 is 1.12 bits per heavy atom. The van der Waals surface area contributed by atoms with Gasteiger partial charge in [-0.05, 0) is 24.3 Å². The van der Waals surface area contributed by atoms with Crippen LogP contribution in [0.4, 0.5) is 11.4 Å². The number of rotatable bonds is 2. The maximum absolute atomic E-state index is 4.10. The minimum absolute atomic E-state index is 0. The molecule has 0 amide bonds. The van der Waals surface area contributed by atoms with Crippen LogP contribution in [0.25, 0.3) is 0 Å². The van der Waals surface area contributed by atoms with Crippen LogP contribution in [0.3, 0.4) is 0 Å². The smallest absolute Gasteiger partial charge is 0.0857 e. The van der Waals surface area contributed by atoms with Crippen molar-refractivity contribution in [2.45, 2.75) is 0 Å². The van der Waals surface area contributed by atoms with E-state index in [1.807, 2.05) is 60.7 Å². The van der Waals surface area contributed by atoms with Gasteiger partial charge in [0.2, 0.25) is 0 Å². The average Bonchev–Trinajstić information content (AvgIpc) is 2.29. The van der Waals surface area contributed by atoms with Crippen molar-refractivity contribution in [2.24, 2.45) is 10.2 Å². The third-order valence-electron chi connectivity index (χ3n) is 1.79. The molecule has 0 heterocycles. The van der Waals surface area contributed by atoms with Crippen LogP contribution in [0.1, 0.15) is 0 Å². The number of azo groups is 1. The molecule has 0 unspecified atom stereocenters. The van der Waals surface area contributed by atoms with Crippen molar-refractivity contribution >= 4 is 11.4 Å². The molecule has 0 fully saturated rings. The maximum Gasteiger partial charge on any atom is 0.0857 e. The van der Waals surface area contributed by atoms with Crippen molar-refractivity contribution in [3.05, 3.63) is 60.7 Å². The van der Waals surface area contributed by atoms with Crippen LogP contribution in [0.5, 0.6) is 0 Å². The predicted octanol–water partition coefficient (Wildman–Crippen LogP) is 4.10. The van der Waals surface area contributed by atoms with Gasteiger partial charge in [-0.1, -0.05) is 36.4 Å². The molecule has 0 aliphatic rings. The fraction of sp³-hybridized carbons (Fsp3) is 0. The number of hydrogen-bond acceptors (Lipinski definition) is 2. The molecule has 2 aromatic rings. The zero-order valence-electron chi connectivity index (χ0n) is 8.27. The van der Waals surface area contributed by atoms with E-state index < -0.39 is 0 Å². The summed E-state index contributed by atoms with van der Waals surface area (Å²) in [7, 11) is 0. The van der Waals surface area contributed by atoms with E-state index in [0.29, 0.717) is 0 Å². The summed E-state index contributed by atoms with van der Waals surface area (Å²) in [5.74, 6) is 0. The van der Waals surface area contributed by atoms with Gasteiger partial charge in [-0.2, -0.15) is 10.2 Å². The van der Waals surface area contributed by atoms with Crippen molar-refractivity contribution < 1.29 is 44.8 Å². The van der Waals surface area contributed by atoms with E-state index in [-0.39, 0.29) is 44.8 Å². The van der Waals surface area contributed by atoms with E-state index in [4.69, 9.17) is 0 Å². The van der Waals surface area contributed by atoms with Crippen LogP contribution < -0.4 is 0 Å². The zero-order chi connectivity index (χ0) is 9.64. The summed E-state index contributed by atoms with van der Waals surface area (Å²) >= 11 is 0. The Hall–Kier alpha value is -0.479. The molecule has 2 nitrogen and oxygen atoms in total. The van der Waals surface area contributed by atoms with Gasteiger partial charge in [0.05, 0.1) is 11.4 Å². The van der Waals surface area contributed by atoms with Crippen LogP contribution in [0.15, 0.2) is 70.9 Å². The Morgan fingerprint density at radius 2 is 0.812 bits per heavy atom. The molecule has 4 heteroatoms. The first-order valence-electron chi connectivity index (χ1n) is 4.47. The average molecular weight is 398 g/mol. The van der Waals surface area contributed by atoms with Gasteiger partial charge in [-0.15, -0.1) is 0 Å². The number of hydrogen-bond donors (Lipinski definition) is 0. The van der Waals surface area contributed by atoms with E-state index in [1.165, 1.54) is 0 Å². The number of benzene rings is 2. The molecule has 0 spiro atoms. The van der Waals surface area contributed by atoms with Gasteiger partial charge in [-0.25, -0.2) is 0 Å².